The van der Waals surface area contributed by atoms with E-state index in [-0.39, 0.29) is 12.1 Å². The number of sulfonamides is 1. The highest BCUT2D eigenvalue weighted by atomic mass is 32.2. The van der Waals surface area contributed by atoms with E-state index in [1.54, 1.807) is 0 Å². The number of hydrogen-bond acceptors (Lipinski definition) is 4. The molecule has 0 heterocycles. The molecule has 1 saturated carbocycles. The molecule has 0 unspecified atom stereocenters. The van der Waals surface area contributed by atoms with E-state index in [1.165, 1.54) is 0 Å². The Bertz CT molecular complexity index is 279. The summed E-state index contributed by atoms with van der Waals surface area (Å²) >= 11 is 0. The Morgan fingerprint density at radius 2 is 1.93 bits per heavy atom. The zero-order valence-electron chi connectivity index (χ0n) is 9.07. The van der Waals surface area contributed by atoms with Gasteiger partial charge in [0, 0.05) is 19.1 Å². The largest absolute Gasteiger partial charge is 0.392 e. The van der Waals surface area contributed by atoms with Crippen LogP contribution in [0.2, 0.25) is 0 Å². The summed E-state index contributed by atoms with van der Waals surface area (Å²) in [4.78, 5) is 0. The lowest BCUT2D eigenvalue weighted by Crippen LogP contribution is -2.44. The molecule has 0 aromatic heterocycles. The van der Waals surface area contributed by atoms with Crippen molar-refractivity contribution in [2.24, 2.45) is 0 Å². The third kappa shape index (κ3) is 5.46. The van der Waals surface area contributed by atoms with Gasteiger partial charge in [-0.15, -0.1) is 0 Å². The monoisotopic (exact) mass is 236 g/mol. The first kappa shape index (κ1) is 12.9. The molecule has 0 aromatic rings. The third-order valence-electron chi connectivity index (χ3n) is 2.63. The molecule has 0 spiro atoms. The number of hydrogen-bond donors (Lipinski definition) is 3. The van der Waals surface area contributed by atoms with Crippen LogP contribution in [0.1, 0.15) is 25.7 Å². The van der Waals surface area contributed by atoms with Crippen molar-refractivity contribution in [1.29, 1.82) is 0 Å². The Morgan fingerprint density at radius 1 is 1.27 bits per heavy atom. The van der Waals surface area contributed by atoms with Gasteiger partial charge < -0.3 is 10.4 Å². The molecule has 0 amide bonds. The quantitative estimate of drug-likeness (QED) is 0.559. The maximum absolute atomic E-state index is 10.8. The summed E-state index contributed by atoms with van der Waals surface area (Å²) < 4.78 is 23.9. The van der Waals surface area contributed by atoms with Gasteiger partial charge in [-0.25, -0.2) is 13.1 Å². The minimum absolute atomic E-state index is 0.125. The van der Waals surface area contributed by atoms with Crippen molar-refractivity contribution in [2.75, 3.05) is 19.3 Å². The number of rotatable bonds is 5. The average Bonchev–Trinajstić information content (AvgIpc) is 2.13. The molecule has 2 atom stereocenters. The lowest BCUT2D eigenvalue weighted by atomic mass is 9.93. The molecule has 0 bridgehead atoms. The molecule has 0 aliphatic heterocycles. The van der Waals surface area contributed by atoms with Gasteiger partial charge in [-0.2, -0.15) is 0 Å². The molecule has 0 aromatic carbocycles. The smallest absolute Gasteiger partial charge is 0.208 e. The van der Waals surface area contributed by atoms with Gasteiger partial charge in [0.1, 0.15) is 0 Å². The van der Waals surface area contributed by atoms with Gasteiger partial charge in [-0.3, -0.25) is 0 Å². The Morgan fingerprint density at radius 3 is 2.53 bits per heavy atom. The normalized spacial score (nSPS) is 27.9. The Labute approximate surface area is 91.3 Å². The molecule has 1 rings (SSSR count). The molecular weight excluding hydrogens is 216 g/mol. The van der Waals surface area contributed by atoms with Crippen molar-refractivity contribution in [3.05, 3.63) is 0 Å². The van der Waals surface area contributed by atoms with Crippen LogP contribution in [0, 0.1) is 0 Å². The highest BCUT2D eigenvalue weighted by Gasteiger charge is 2.21. The fourth-order valence-electron chi connectivity index (χ4n) is 1.84. The predicted octanol–water partition coefficient (Wildman–Crippen LogP) is -0.571. The van der Waals surface area contributed by atoms with Crippen LogP contribution in [-0.4, -0.2) is 45.0 Å². The molecule has 1 fully saturated rings. The van der Waals surface area contributed by atoms with Crippen LogP contribution in [0.25, 0.3) is 0 Å². The van der Waals surface area contributed by atoms with E-state index >= 15 is 0 Å². The SMILES string of the molecule is CS(=O)(=O)NCCN[C@H]1CCCC[C@@H]1O. The van der Waals surface area contributed by atoms with Crippen LogP contribution in [0.4, 0.5) is 0 Å². The van der Waals surface area contributed by atoms with Crippen molar-refractivity contribution < 1.29 is 13.5 Å². The van der Waals surface area contributed by atoms with E-state index in [0.29, 0.717) is 13.1 Å². The summed E-state index contributed by atoms with van der Waals surface area (Å²) in [5.74, 6) is 0. The third-order valence-corrected chi connectivity index (χ3v) is 3.35. The zero-order chi connectivity index (χ0) is 11.3. The van der Waals surface area contributed by atoms with E-state index in [9.17, 15) is 13.5 Å². The zero-order valence-corrected chi connectivity index (χ0v) is 9.89. The second-order valence-electron chi connectivity index (χ2n) is 4.08. The van der Waals surface area contributed by atoms with Crippen LogP contribution in [0.3, 0.4) is 0 Å². The average molecular weight is 236 g/mol. The molecule has 0 saturated heterocycles. The first-order valence-electron chi connectivity index (χ1n) is 5.35. The highest BCUT2D eigenvalue weighted by molar-refractivity contribution is 7.88. The predicted molar refractivity (Wildman–Crippen MR) is 59.1 cm³/mol. The van der Waals surface area contributed by atoms with Gasteiger partial charge in [0.25, 0.3) is 0 Å². The Hall–Kier alpha value is -0.170. The van der Waals surface area contributed by atoms with Crippen LogP contribution >= 0.6 is 0 Å². The summed E-state index contributed by atoms with van der Waals surface area (Å²) in [5.41, 5.74) is 0. The number of aliphatic hydroxyl groups is 1. The molecule has 5 nitrogen and oxygen atoms in total. The summed E-state index contributed by atoms with van der Waals surface area (Å²) in [6, 6.07) is 0.125. The van der Waals surface area contributed by atoms with E-state index < -0.39 is 10.0 Å². The standard InChI is InChI=1S/C9H20N2O3S/c1-15(13,14)11-7-6-10-8-4-2-3-5-9(8)12/h8-12H,2-7H2,1H3/t8-,9-/m0/s1. The van der Waals surface area contributed by atoms with Crippen LogP contribution in [0.5, 0.6) is 0 Å². The molecule has 1 aliphatic rings. The minimum Gasteiger partial charge on any atom is -0.392 e. The van der Waals surface area contributed by atoms with Gasteiger partial charge in [-0.05, 0) is 12.8 Å². The van der Waals surface area contributed by atoms with E-state index in [1.807, 2.05) is 0 Å². The molecule has 3 N–H and O–H groups in total. The van der Waals surface area contributed by atoms with E-state index in [0.717, 1.165) is 31.9 Å². The van der Waals surface area contributed by atoms with E-state index in [4.69, 9.17) is 0 Å². The van der Waals surface area contributed by atoms with Crippen LogP contribution < -0.4 is 10.0 Å². The van der Waals surface area contributed by atoms with Gasteiger partial charge in [0.2, 0.25) is 10.0 Å². The van der Waals surface area contributed by atoms with Gasteiger partial charge in [0.05, 0.1) is 12.4 Å². The maximum atomic E-state index is 10.8. The fraction of sp³-hybridized carbons (Fsp3) is 1.00. The Balaban J connectivity index is 2.14. The summed E-state index contributed by atoms with van der Waals surface area (Å²) in [6.07, 6.45) is 4.89. The fourth-order valence-corrected chi connectivity index (χ4v) is 2.32. The number of nitrogens with one attached hydrogen (secondary N) is 2. The Kier molecular flexibility index (Phi) is 4.98. The van der Waals surface area contributed by atoms with Gasteiger partial charge in [-0.1, -0.05) is 12.8 Å². The van der Waals surface area contributed by atoms with Gasteiger partial charge >= 0.3 is 0 Å². The topological polar surface area (TPSA) is 78.4 Å². The molecule has 0 radical (unpaired) electrons. The summed E-state index contributed by atoms with van der Waals surface area (Å²) in [5, 5.41) is 12.8. The lowest BCUT2D eigenvalue weighted by Gasteiger charge is -2.28. The molecule has 6 heteroatoms. The van der Waals surface area contributed by atoms with Crippen LogP contribution in [-0.2, 0) is 10.0 Å². The van der Waals surface area contributed by atoms with Crippen LogP contribution in [0.15, 0.2) is 0 Å². The first-order chi connectivity index (χ1) is 6.99. The maximum Gasteiger partial charge on any atom is 0.208 e. The number of aliphatic hydroxyl groups excluding tert-OH is 1. The van der Waals surface area contributed by atoms with Crippen molar-refractivity contribution in [3.8, 4) is 0 Å². The van der Waals surface area contributed by atoms with Gasteiger partial charge in [0.15, 0.2) is 0 Å². The van der Waals surface area contributed by atoms with Crippen molar-refractivity contribution >= 4 is 10.0 Å². The molecular formula is C9H20N2O3S. The molecule has 1 aliphatic carbocycles. The molecule has 90 valence electrons. The first-order valence-corrected chi connectivity index (χ1v) is 7.24. The summed E-state index contributed by atoms with van der Waals surface area (Å²) in [7, 11) is -3.09. The second-order valence-corrected chi connectivity index (χ2v) is 5.91. The van der Waals surface area contributed by atoms with Crippen molar-refractivity contribution in [1.82, 2.24) is 10.0 Å². The minimum atomic E-state index is -3.09. The van der Waals surface area contributed by atoms with E-state index in [2.05, 4.69) is 10.0 Å². The second kappa shape index (κ2) is 5.79. The van der Waals surface area contributed by atoms with Crippen molar-refractivity contribution in [2.45, 2.75) is 37.8 Å². The lowest BCUT2D eigenvalue weighted by molar-refractivity contribution is 0.0915. The van der Waals surface area contributed by atoms with Crippen molar-refractivity contribution in [3.63, 3.8) is 0 Å². The highest BCUT2D eigenvalue weighted by Crippen LogP contribution is 2.17. The molecule has 15 heavy (non-hydrogen) atoms. The summed E-state index contributed by atoms with van der Waals surface area (Å²) in [6.45, 7) is 0.941.